The number of carboxylic acid groups (broad SMARTS) is 1. The molecular weight excluding hydrogens is 144 g/mol. The number of methoxy groups -OCH3 is 1. The highest BCUT2D eigenvalue weighted by atomic mass is 16.5. The second kappa shape index (κ2) is 3.22. The molecule has 3 nitrogen and oxygen atoms in total. The maximum Gasteiger partial charge on any atom is 0.311 e. The highest BCUT2D eigenvalue weighted by Gasteiger charge is 2.41. The fourth-order valence-corrected chi connectivity index (χ4v) is 1.75. The van der Waals surface area contributed by atoms with E-state index in [9.17, 15) is 4.79 Å². The van der Waals surface area contributed by atoms with E-state index in [0.29, 0.717) is 6.61 Å². The molecule has 11 heavy (non-hydrogen) atoms. The van der Waals surface area contributed by atoms with Gasteiger partial charge in [-0.3, -0.25) is 4.79 Å². The van der Waals surface area contributed by atoms with E-state index in [2.05, 4.69) is 0 Å². The molecule has 0 aromatic rings. The SMILES string of the molecule is COCC1(C(=O)O)CCCC1. The van der Waals surface area contributed by atoms with Crippen molar-refractivity contribution in [1.82, 2.24) is 0 Å². The third-order valence-corrected chi connectivity index (χ3v) is 2.43. The van der Waals surface area contributed by atoms with Crippen LogP contribution in [-0.4, -0.2) is 24.8 Å². The summed E-state index contributed by atoms with van der Waals surface area (Å²) in [4.78, 5) is 10.8. The van der Waals surface area contributed by atoms with Crippen LogP contribution in [0.5, 0.6) is 0 Å². The molecule has 0 amide bonds. The Morgan fingerprint density at radius 1 is 1.55 bits per heavy atom. The fraction of sp³-hybridized carbons (Fsp3) is 0.875. The van der Waals surface area contributed by atoms with Crippen LogP contribution in [0, 0.1) is 5.41 Å². The van der Waals surface area contributed by atoms with E-state index in [-0.39, 0.29) is 0 Å². The average molecular weight is 158 g/mol. The topological polar surface area (TPSA) is 46.5 Å². The van der Waals surface area contributed by atoms with Crippen molar-refractivity contribution >= 4 is 5.97 Å². The zero-order valence-corrected chi connectivity index (χ0v) is 6.80. The van der Waals surface area contributed by atoms with Crippen LogP contribution in [0.1, 0.15) is 25.7 Å². The molecule has 0 saturated heterocycles. The molecule has 0 aromatic carbocycles. The summed E-state index contributed by atoms with van der Waals surface area (Å²) in [6, 6.07) is 0. The van der Waals surface area contributed by atoms with E-state index in [0.717, 1.165) is 25.7 Å². The molecule has 64 valence electrons. The third kappa shape index (κ3) is 1.53. The predicted molar refractivity (Wildman–Crippen MR) is 40.4 cm³/mol. The van der Waals surface area contributed by atoms with Gasteiger partial charge in [-0.1, -0.05) is 12.8 Å². The van der Waals surface area contributed by atoms with Crippen molar-refractivity contribution in [3.8, 4) is 0 Å². The Balaban J connectivity index is 2.62. The quantitative estimate of drug-likeness (QED) is 0.673. The van der Waals surface area contributed by atoms with Crippen molar-refractivity contribution in [3.63, 3.8) is 0 Å². The van der Waals surface area contributed by atoms with Gasteiger partial charge in [0.25, 0.3) is 0 Å². The van der Waals surface area contributed by atoms with Crippen LogP contribution in [0.15, 0.2) is 0 Å². The van der Waals surface area contributed by atoms with Crippen molar-refractivity contribution in [2.45, 2.75) is 25.7 Å². The molecule has 0 aliphatic heterocycles. The Kier molecular flexibility index (Phi) is 2.49. The molecule has 0 spiro atoms. The van der Waals surface area contributed by atoms with Crippen molar-refractivity contribution < 1.29 is 14.6 Å². The summed E-state index contributed by atoms with van der Waals surface area (Å²) < 4.78 is 4.91. The first-order valence-electron chi connectivity index (χ1n) is 3.94. The van der Waals surface area contributed by atoms with Gasteiger partial charge in [0.05, 0.1) is 12.0 Å². The first kappa shape index (κ1) is 8.53. The Labute approximate surface area is 66.4 Å². The Bertz CT molecular complexity index is 147. The van der Waals surface area contributed by atoms with Gasteiger partial charge in [0.1, 0.15) is 0 Å². The molecule has 1 saturated carbocycles. The molecule has 0 aromatic heterocycles. The largest absolute Gasteiger partial charge is 0.481 e. The summed E-state index contributed by atoms with van der Waals surface area (Å²) >= 11 is 0. The second-order valence-electron chi connectivity index (χ2n) is 3.23. The van der Waals surface area contributed by atoms with E-state index < -0.39 is 11.4 Å². The van der Waals surface area contributed by atoms with E-state index in [4.69, 9.17) is 9.84 Å². The Morgan fingerprint density at radius 3 is 2.45 bits per heavy atom. The van der Waals surface area contributed by atoms with Crippen LogP contribution >= 0.6 is 0 Å². The van der Waals surface area contributed by atoms with Crippen molar-refractivity contribution in [2.24, 2.45) is 5.41 Å². The third-order valence-electron chi connectivity index (χ3n) is 2.43. The molecule has 0 atom stereocenters. The first-order chi connectivity index (χ1) is 5.21. The minimum Gasteiger partial charge on any atom is -0.481 e. The molecule has 0 radical (unpaired) electrons. The normalized spacial score (nSPS) is 21.9. The highest BCUT2D eigenvalue weighted by Crippen LogP contribution is 2.38. The summed E-state index contributed by atoms with van der Waals surface area (Å²) in [5, 5.41) is 8.91. The van der Waals surface area contributed by atoms with Gasteiger partial charge in [-0.15, -0.1) is 0 Å². The molecule has 3 heteroatoms. The van der Waals surface area contributed by atoms with Crippen molar-refractivity contribution in [2.75, 3.05) is 13.7 Å². The van der Waals surface area contributed by atoms with Gasteiger partial charge >= 0.3 is 5.97 Å². The molecular formula is C8H14O3. The molecule has 1 fully saturated rings. The van der Waals surface area contributed by atoms with Crippen LogP contribution in [-0.2, 0) is 9.53 Å². The lowest BCUT2D eigenvalue weighted by atomic mass is 9.87. The minimum absolute atomic E-state index is 0.363. The number of aliphatic carboxylic acids is 1. The first-order valence-corrected chi connectivity index (χ1v) is 3.94. The van der Waals surface area contributed by atoms with Crippen LogP contribution < -0.4 is 0 Å². The lowest BCUT2D eigenvalue weighted by molar-refractivity contribution is -0.151. The lowest BCUT2D eigenvalue weighted by Gasteiger charge is -2.21. The number of carbonyl (C=O) groups is 1. The molecule has 0 bridgehead atoms. The number of hydrogen-bond donors (Lipinski definition) is 1. The standard InChI is InChI=1S/C8H14O3/c1-11-6-8(7(9)10)4-2-3-5-8/h2-6H2,1H3,(H,9,10). The van der Waals surface area contributed by atoms with Crippen LogP contribution in [0.4, 0.5) is 0 Å². The number of carboxylic acids is 1. The van der Waals surface area contributed by atoms with Gasteiger partial charge in [0, 0.05) is 7.11 Å². The van der Waals surface area contributed by atoms with Crippen LogP contribution in [0.3, 0.4) is 0 Å². The van der Waals surface area contributed by atoms with E-state index in [1.165, 1.54) is 0 Å². The van der Waals surface area contributed by atoms with Crippen molar-refractivity contribution in [3.05, 3.63) is 0 Å². The van der Waals surface area contributed by atoms with Gasteiger partial charge in [-0.2, -0.15) is 0 Å². The molecule has 1 aliphatic rings. The number of rotatable bonds is 3. The van der Waals surface area contributed by atoms with E-state index in [1.807, 2.05) is 0 Å². The monoisotopic (exact) mass is 158 g/mol. The molecule has 1 rings (SSSR count). The van der Waals surface area contributed by atoms with Gasteiger partial charge in [-0.25, -0.2) is 0 Å². The minimum atomic E-state index is -0.697. The zero-order valence-electron chi connectivity index (χ0n) is 6.80. The van der Waals surface area contributed by atoms with Crippen LogP contribution in [0.2, 0.25) is 0 Å². The Morgan fingerprint density at radius 2 is 2.09 bits per heavy atom. The number of ether oxygens (including phenoxy) is 1. The summed E-state index contributed by atoms with van der Waals surface area (Å²) in [6.07, 6.45) is 3.59. The molecule has 1 aliphatic carbocycles. The van der Waals surface area contributed by atoms with Crippen molar-refractivity contribution in [1.29, 1.82) is 0 Å². The number of hydrogen-bond acceptors (Lipinski definition) is 2. The molecule has 1 N–H and O–H groups in total. The van der Waals surface area contributed by atoms with Gasteiger partial charge < -0.3 is 9.84 Å². The van der Waals surface area contributed by atoms with Gasteiger partial charge in [0.15, 0.2) is 0 Å². The highest BCUT2D eigenvalue weighted by molar-refractivity contribution is 5.75. The summed E-state index contributed by atoms with van der Waals surface area (Å²) in [6.45, 7) is 0.363. The predicted octanol–water partition coefficient (Wildman–Crippen LogP) is 1.28. The van der Waals surface area contributed by atoms with Gasteiger partial charge in [-0.05, 0) is 12.8 Å². The summed E-state index contributed by atoms with van der Waals surface area (Å²) in [5.41, 5.74) is -0.561. The lowest BCUT2D eigenvalue weighted by Crippen LogP contribution is -2.32. The van der Waals surface area contributed by atoms with E-state index in [1.54, 1.807) is 7.11 Å². The zero-order chi connectivity index (χ0) is 8.32. The summed E-state index contributed by atoms with van der Waals surface area (Å²) in [5.74, 6) is -0.697. The summed E-state index contributed by atoms with van der Waals surface area (Å²) in [7, 11) is 1.56. The van der Waals surface area contributed by atoms with Crippen LogP contribution in [0.25, 0.3) is 0 Å². The van der Waals surface area contributed by atoms with E-state index >= 15 is 0 Å². The maximum absolute atomic E-state index is 10.8. The Hall–Kier alpha value is -0.570. The smallest absolute Gasteiger partial charge is 0.311 e. The molecule has 0 heterocycles. The maximum atomic E-state index is 10.8. The second-order valence-corrected chi connectivity index (χ2v) is 3.23. The average Bonchev–Trinajstić information content (AvgIpc) is 2.38. The molecule has 0 unspecified atom stereocenters. The van der Waals surface area contributed by atoms with Gasteiger partial charge in [0.2, 0.25) is 0 Å². The fourth-order valence-electron chi connectivity index (χ4n) is 1.75.